The summed E-state index contributed by atoms with van der Waals surface area (Å²) in [7, 11) is 0. The van der Waals surface area contributed by atoms with E-state index in [1.807, 2.05) is 93.6 Å². The Hall–Kier alpha value is -3.33. The van der Waals surface area contributed by atoms with Crippen LogP contribution in [0.1, 0.15) is 20.8 Å². The summed E-state index contributed by atoms with van der Waals surface area (Å²) in [6, 6.07) is 27.0. The second-order valence-corrected chi connectivity index (χ2v) is 7.68. The maximum atomic E-state index is 11.7. The second-order valence-electron chi connectivity index (χ2n) is 7.68. The van der Waals surface area contributed by atoms with Crippen molar-refractivity contribution in [1.82, 2.24) is 0 Å². The average molecular weight is 372 g/mol. The summed E-state index contributed by atoms with van der Waals surface area (Å²) in [5.74, 6) is 0.708. The van der Waals surface area contributed by atoms with Gasteiger partial charge in [-0.2, -0.15) is 0 Å². The number of hydrogen-bond donors (Lipinski definition) is 1. The monoisotopic (exact) mass is 372 g/mol. The molecular formula is C25H24O3. The molecule has 4 rings (SSSR count). The van der Waals surface area contributed by atoms with Crippen LogP contribution < -0.4 is 4.74 Å². The van der Waals surface area contributed by atoms with Crippen molar-refractivity contribution in [2.45, 2.75) is 20.8 Å². The van der Waals surface area contributed by atoms with Gasteiger partial charge in [0.15, 0.2) is 0 Å². The van der Waals surface area contributed by atoms with E-state index in [1.165, 1.54) is 0 Å². The van der Waals surface area contributed by atoms with Gasteiger partial charge in [-0.1, -0.05) is 60.7 Å². The van der Waals surface area contributed by atoms with E-state index in [0.29, 0.717) is 11.5 Å². The van der Waals surface area contributed by atoms with Crippen LogP contribution in [0.15, 0.2) is 84.9 Å². The lowest BCUT2D eigenvalue weighted by atomic mass is 9.97. The fourth-order valence-corrected chi connectivity index (χ4v) is 2.67. The molecule has 0 aliphatic heterocycles. The zero-order chi connectivity index (χ0) is 20.1. The zero-order valence-corrected chi connectivity index (χ0v) is 16.3. The summed E-state index contributed by atoms with van der Waals surface area (Å²) in [5, 5.41) is 13.6. The van der Waals surface area contributed by atoms with Gasteiger partial charge in [0.25, 0.3) is 0 Å². The van der Waals surface area contributed by atoms with Gasteiger partial charge < -0.3 is 9.84 Å². The molecule has 28 heavy (non-hydrogen) atoms. The molecule has 0 heterocycles. The van der Waals surface area contributed by atoms with Gasteiger partial charge in [0, 0.05) is 0 Å². The van der Waals surface area contributed by atoms with Gasteiger partial charge in [0.05, 0.1) is 5.41 Å². The number of phenolic OH excluding ortho intramolecular Hbond substituents is 1. The lowest BCUT2D eigenvalue weighted by Gasteiger charge is -2.16. The standard InChI is InChI=1S/C15H16O2.C10H8O/c1-15(2,3)14(16)17-13-9-8-11-6-4-5-7-12(11)10-13;11-10-6-5-8-3-1-2-4-9(8)7-10/h4-10H,1-3H3;1-7,11H. The summed E-state index contributed by atoms with van der Waals surface area (Å²) in [6.45, 7) is 5.53. The second kappa shape index (κ2) is 8.13. The van der Waals surface area contributed by atoms with Crippen LogP contribution in [0.25, 0.3) is 21.5 Å². The zero-order valence-electron chi connectivity index (χ0n) is 16.3. The van der Waals surface area contributed by atoms with Gasteiger partial charge in [0.2, 0.25) is 0 Å². The van der Waals surface area contributed by atoms with Gasteiger partial charge in [-0.3, -0.25) is 4.79 Å². The van der Waals surface area contributed by atoms with Crippen LogP contribution in [0.3, 0.4) is 0 Å². The molecule has 0 saturated heterocycles. The first kappa shape index (κ1) is 19.4. The number of aromatic hydroxyl groups is 1. The molecule has 0 fully saturated rings. The molecule has 0 aliphatic rings. The number of phenols is 1. The van der Waals surface area contributed by atoms with Crippen LogP contribution in [-0.2, 0) is 4.79 Å². The normalized spacial score (nSPS) is 11.0. The number of carbonyl (C=O) groups excluding carboxylic acids is 1. The van der Waals surface area contributed by atoms with Crippen molar-refractivity contribution in [2.24, 2.45) is 5.41 Å². The largest absolute Gasteiger partial charge is 0.508 e. The SMILES string of the molecule is CC(C)(C)C(=O)Oc1ccc2ccccc2c1.Oc1ccc2ccccc2c1. The molecule has 0 radical (unpaired) electrons. The van der Waals surface area contributed by atoms with Gasteiger partial charge in [-0.25, -0.2) is 0 Å². The molecular weight excluding hydrogens is 348 g/mol. The van der Waals surface area contributed by atoms with Gasteiger partial charge in [-0.15, -0.1) is 0 Å². The van der Waals surface area contributed by atoms with Crippen LogP contribution in [0, 0.1) is 5.41 Å². The van der Waals surface area contributed by atoms with Crippen LogP contribution in [0.4, 0.5) is 0 Å². The minimum absolute atomic E-state index is 0.215. The first-order valence-corrected chi connectivity index (χ1v) is 9.22. The van der Waals surface area contributed by atoms with E-state index in [2.05, 4.69) is 0 Å². The molecule has 0 unspecified atom stereocenters. The minimum Gasteiger partial charge on any atom is -0.508 e. The molecule has 0 aliphatic carbocycles. The van der Waals surface area contributed by atoms with E-state index in [0.717, 1.165) is 21.5 Å². The third kappa shape index (κ3) is 4.89. The summed E-state index contributed by atoms with van der Waals surface area (Å²) < 4.78 is 5.35. The molecule has 1 N–H and O–H groups in total. The first-order valence-electron chi connectivity index (χ1n) is 9.22. The predicted molar refractivity (Wildman–Crippen MR) is 115 cm³/mol. The summed E-state index contributed by atoms with van der Waals surface area (Å²) in [6.07, 6.45) is 0. The van der Waals surface area contributed by atoms with Gasteiger partial charge in [0.1, 0.15) is 11.5 Å². The van der Waals surface area contributed by atoms with Crippen LogP contribution in [-0.4, -0.2) is 11.1 Å². The topological polar surface area (TPSA) is 46.5 Å². The Bertz CT molecular complexity index is 1110. The van der Waals surface area contributed by atoms with E-state index in [4.69, 9.17) is 9.84 Å². The molecule has 3 nitrogen and oxygen atoms in total. The first-order chi connectivity index (χ1) is 13.3. The Morgan fingerprint density at radius 2 is 1.21 bits per heavy atom. The lowest BCUT2D eigenvalue weighted by molar-refractivity contribution is -0.142. The molecule has 0 saturated carbocycles. The van der Waals surface area contributed by atoms with Crippen LogP contribution in [0.5, 0.6) is 11.5 Å². The molecule has 0 amide bonds. The molecule has 4 aromatic rings. The number of esters is 1. The maximum absolute atomic E-state index is 11.7. The van der Waals surface area contributed by atoms with E-state index in [9.17, 15) is 4.79 Å². The fraction of sp³-hybridized carbons (Fsp3) is 0.160. The highest BCUT2D eigenvalue weighted by Crippen LogP contribution is 2.23. The van der Waals surface area contributed by atoms with E-state index >= 15 is 0 Å². The molecule has 142 valence electrons. The van der Waals surface area contributed by atoms with Crippen molar-refractivity contribution in [2.75, 3.05) is 0 Å². The van der Waals surface area contributed by atoms with Crippen LogP contribution >= 0.6 is 0 Å². The van der Waals surface area contributed by atoms with E-state index in [1.54, 1.807) is 12.1 Å². The number of rotatable bonds is 1. The molecule has 3 heteroatoms. The molecule has 0 spiro atoms. The summed E-state index contributed by atoms with van der Waals surface area (Å²) >= 11 is 0. The molecule has 4 aromatic carbocycles. The number of fused-ring (bicyclic) bond motifs is 2. The molecule has 0 aromatic heterocycles. The van der Waals surface area contributed by atoms with Gasteiger partial charge >= 0.3 is 5.97 Å². The highest BCUT2D eigenvalue weighted by molar-refractivity contribution is 5.85. The minimum atomic E-state index is -0.481. The van der Waals surface area contributed by atoms with Crippen molar-refractivity contribution >= 4 is 27.5 Å². The van der Waals surface area contributed by atoms with Crippen molar-refractivity contribution in [1.29, 1.82) is 0 Å². The van der Waals surface area contributed by atoms with Crippen molar-refractivity contribution in [3.8, 4) is 11.5 Å². The lowest BCUT2D eigenvalue weighted by Crippen LogP contribution is -2.25. The van der Waals surface area contributed by atoms with Gasteiger partial charge in [-0.05, 0) is 66.6 Å². The summed E-state index contributed by atoms with van der Waals surface area (Å²) in [4.78, 5) is 11.7. The number of hydrogen-bond acceptors (Lipinski definition) is 3. The average Bonchev–Trinajstić information content (AvgIpc) is 2.67. The van der Waals surface area contributed by atoms with E-state index in [-0.39, 0.29) is 5.97 Å². The number of carbonyl (C=O) groups is 1. The number of ether oxygens (including phenoxy) is 1. The predicted octanol–water partition coefficient (Wildman–Crippen LogP) is 6.34. The fourth-order valence-electron chi connectivity index (χ4n) is 2.67. The van der Waals surface area contributed by atoms with Crippen molar-refractivity contribution < 1.29 is 14.6 Å². The van der Waals surface area contributed by atoms with Crippen LogP contribution in [0.2, 0.25) is 0 Å². The highest BCUT2D eigenvalue weighted by Gasteiger charge is 2.23. The summed E-state index contributed by atoms with van der Waals surface area (Å²) in [5.41, 5.74) is -0.481. The van der Waals surface area contributed by atoms with Crippen molar-refractivity contribution in [3.05, 3.63) is 84.9 Å². The Morgan fingerprint density at radius 3 is 1.79 bits per heavy atom. The smallest absolute Gasteiger partial charge is 0.316 e. The third-order valence-corrected chi connectivity index (χ3v) is 4.28. The Morgan fingerprint density at radius 1 is 0.714 bits per heavy atom. The van der Waals surface area contributed by atoms with E-state index < -0.39 is 5.41 Å². The Balaban J connectivity index is 0.000000176. The highest BCUT2D eigenvalue weighted by atomic mass is 16.5. The molecule has 0 bridgehead atoms. The Labute approximate surface area is 165 Å². The number of benzene rings is 4. The van der Waals surface area contributed by atoms with Crippen molar-refractivity contribution in [3.63, 3.8) is 0 Å². The maximum Gasteiger partial charge on any atom is 0.316 e. The Kier molecular flexibility index (Phi) is 5.65. The third-order valence-electron chi connectivity index (χ3n) is 4.28. The quantitative estimate of drug-likeness (QED) is 0.313. The molecule has 0 atom stereocenters.